The van der Waals surface area contributed by atoms with Crippen LogP contribution < -0.4 is 0 Å². The van der Waals surface area contributed by atoms with Crippen molar-refractivity contribution in [2.24, 2.45) is 0 Å². The Hall–Kier alpha value is -1.76. The standard InChI is InChI=1S/C14H15FO5/c15-10-3-1-9(2-4-10)8-20-12-5-6-14(19,13(17)18)7-11(12)16/h1-6,11-12,16,19H,7-8H2,(H,17,18)/t11-,12-,14+/m1/s1. The van der Waals surface area contributed by atoms with Crippen LogP contribution in [0.1, 0.15) is 12.0 Å². The molecule has 1 aliphatic carbocycles. The van der Waals surface area contributed by atoms with Gasteiger partial charge in [0.15, 0.2) is 5.60 Å². The summed E-state index contributed by atoms with van der Waals surface area (Å²) in [5, 5.41) is 28.4. The summed E-state index contributed by atoms with van der Waals surface area (Å²) in [6.07, 6.45) is 0.261. The maximum atomic E-state index is 12.7. The quantitative estimate of drug-likeness (QED) is 0.713. The lowest BCUT2D eigenvalue weighted by molar-refractivity contribution is -0.159. The largest absolute Gasteiger partial charge is 0.479 e. The van der Waals surface area contributed by atoms with Crippen molar-refractivity contribution in [2.45, 2.75) is 30.8 Å². The lowest BCUT2D eigenvalue weighted by atomic mass is 9.87. The molecule has 2 rings (SSSR count). The summed E-state index contributed by atoms with van der Waals surface area (Å²) in [5.74, 6) is -1.76. The second-order valence-corrected chi connectivity index (χ2v) is 4.76. The molecule has 0 aliphatic heterocycles. The van der Waals surface area contributed by atoms with E-state index >= 15 is 0 Å². The third-order valence-corrected chi connectivity index (χ3v) is 3.19. The van der Waals surface area contributed by atoms with Crippen LogP contribution in [-0.4, -0.2) is 39.1 Å². The van der Waals surface area contributed by atoms with Gasteiger partial charge in [0, 0.05) is 6.42 Å². The number of aliphatic hydroxyl groups is 2. The first-order valence-electron chi connectivity index (χ1n) is 6.10. The summed E-state index contributed by atoms with van der Waals surface area (Å²) >= 11 is 0. The summed E-state index contributed by atoms with van der Waals surface area (Å²) in [6.45, 7) is 0.151. The van der Waals surface area contributed by atoms with Gasteiger partial charge in [-0.2, -0.15) is 0 Å². The third-order valence-electron chi connectivity index (χ3n) is 3.19. The number of aliphatic hydroxyl groups excluding tert-OH is 1. The first-order chi connectivity index (χ1) is 9.40. The van der Waals surface area contributed by atoms with Crippen LogP contribution in [-0.2, 0) is 16.1 Å². The van der Waals surface area contributed by atoms with Crippen LogP contribution in [0.2, 0.25) is 0 Å². The van der Waals surface area contributed by atoms with Gasteiger partial charge in [0.2, 0.25) is 0 Å². The fourth-order valence-electron chi connectivity index (χ4n) is 1.98. The highest BCUT2D eigenvalue weighted by Gasteiger charge is 2.41. The van der Waals surface area contributed by atoms with Crippen molar-refractivity contribution in [1.82, 2.24) is 0 Å². The molecular formula is C14H15FO5. The molecule has 0 amide bonds. The molecule has 0 saturated heterocycles. The molecule has 0 bridgehead atoms. The van der Waals surface area contributed by atoms with Crippen molar-refractivity contribution < 1.29 is 29.2 Å². The monoisotopic (exact) mass is 282 g/mol. The van der Waals surface area contributed by atoms with Gasteiger partial charge in [-0.05, 0) is 23.8 Å². The molecule has 0 heterocycles. The number of aliphatic carboxylic acids is 1. The number of hydrogen-bond acceptors (Lipinski definition) is 4. The second kappa shape index (κ2) is 5.70. The minimum Gasteiger partial charge on any atom is -0.479 e. The average molecular weight is 282 g/mol. The summed E-state index contributed by atoms with van der Waals surface area (Å²) < 4.78 is 18.2. The molecule has 0 saturated carbocycles. The van der Waals surface area contributed by atoms with Crippen LogP contribution in [0.15, 0.2) is 36.4 Å². The van der Waals surface area contributed by atoms with E-state index in [-0.39, 0.29) is 18.8 Å². The van der Waals surface area contributed by atoms with Crippen molar-refractivity contribution in [3.8, 4) is 0 Å². The molecule has 6 heteroatoms. The molecule has 3 N–H and O–H groups in total. The molecule has 0 fully saturated rings. The van der Waals surface area contributed by atoms with Crippen molar-refractivity contribution in [3.63, 3.8) is 0 Å². The van der Waals surface area contributed by atoms with Gasteiger partial charge in [-0.3, -0.25) is 0 Å². The number of halogens is 1. The zero-order valence-electron chi connectivity index (χ0n) is 10.6. The Morgan fingerprint density at radius 3 is 2.60 bits per heavy atom. The fourth-order valence-corrected chi connectivity index (χ4v) is 1.98. The summed E-state index contributed by atoms with van der Waals surface area (Å²) in [7, 11) is 0. The maximum Gasteiger partial charge on any atom is 0.339 e. The predicted octanol–water partition coefficient (Wildman–Crippen LogP) is 0.847. The van der Waals surface area contributed by atoms with Crippen molar-refractivity contribution in [2.75, 3.05) is 0 Å². The maximum absolute atomic E-state index is 12.7. The van der Waals surface area contributed by atoms with E-state index in [0.29, 0.717) is 0 Å². The third kappa shape index (κ3) is 3.22. The molecule has 1 aromatic carbocycles. The Kier molecular flexibility index (Phi) is 4.17. The molecule has 5 nitrogen and oxygen atoms in total. The zero-order valence-corrected chi connectivity index (χ0v) is 10.6. The highest BCUT2D eigenvalue weighted by atomic mass is 19.1. The molecule has 20 heavy (non-hydrogen) atoms. The number of benzene rings is 1. The Morgan fingerprint density at radius 2 is 2.05 bits per heavy atom. The van der Waals surface area contributed by atoms with Crippen molar-refractivity contribution in [1.29, 1.82) is 0 Å². The minimum atomic E-state index is -2.06. The van der Waals surface area contributed by atoms with Crippen molar-refractivity contribution >= 4 is 5.97 Å². The highest BCUT2D eigenvalue weighted by Crippen LogP contribution is 2.25. The topological polar surface area (TPSA) is 87.0 Å². The Labute approximate surface area is 114 Å². The highest BCUT2D eigenvalue weighted by molar-refractivity contribution is 5.80. The van der Waals surface area contributed by atoms with E-state index in [0.717, 1.165) is 11.6 Å². The molecule has 0 unspecified atom stereocenters. The van der Waals surface area contributed by atoms with E-state index < -0.39 is 23.8 Å². The van der Waals surface area contributed by atoms with Gasteiger partial charge < -0.3 is 20.1 Å². The zero-order chi connectivity index (χ0) is 14.8. The van der Waals surface area contributed by atoms with E-state index in [2.05, 4.69) is 0 Å². The van der Waals surface area contributed by atoms with Crippen LogP contribution in [0.4, 0.5) is 4.39 Å². The molecule has 0 aromatic heterocycles. The normalized spacial score (nSPS) is 29.4. The first kappa shape index (κ1) is 14.6. The SMILES string of the molecule is O=C(O)[C@]1(O)C=C[C@@H](OCc2ccc(F)cc2)[C@H](O)C1. The van der Waals surface area contributed by atoms with Gasteiger partial charge in [-0.15, -0.1) is 0 Å². The minimum absolute atomic E-state index is 0.151. The van der Waals surface area contributed by atoms with E-state index in [1.807, 2.05) is 0 Å². The number of carbonyl (C=O) groups is 1. The smallest absolute Gasteiger partial charge is 0.339 e. The summed E-state index contributed by atoms with van der Waals surface area (Å²) in [5.41, 5.74) is -1.33. The molecule has 1 aromatic rings. The summed E-state index contributed by atoms with van der Waals surface area (Å²) in [6, 6.07) is 5.72. The molecule has 0 spiro atoms. The molecular weight excluding hydrogens is 267 g/mol. The Balaban J connectivity index is 1.97. The number of carboxylic acid groups (broad SMARTS) is 1. The Morgan fingerprint density at radius 1 is 1.40 bits per heavy atom. The van der Waals surface area contributed by atoms with E-state index in [1.165, 1.54) is 18.2 Å². The fraction of sp³-hybridized carbons (Fsp3) is 0.357. The van der Waals surface area contributed by atoms with Gasteiger partial charge in [-0.25, -0.2) is 9.18 Å². The van der Waals surface area contributed by atoms with E-state index in [4.69, 9.17) is 9.84 Å². The van der Waals surface area contributed by atoms with Gasteiger partial charge in [0.25, 0.3) is 0 Å². The average Bonchev–Trinajstić information content (AvgIpc) is 2.39. The van der Waals surface area contributed by atoms with Gasteiger partial charge >= 0.3 is 5.97 Å². The van der Waals surface area contributed by atoms with Crippen LogP contribution in [0.3, 0.4) is 0 Å². The lowest BCUT2D eigenvalue weighted by Gasteiger charge is -2.31. The second-order valence-electron chi connectivity index (χ2n) is 4.76. The Bertz CT molecular complexity index is 513. The van der Waals surface area contributed by atoms with E-state index in [1.54, 1.807) is 12.1 Å². The molecule has 3 atom stereocenters. The lowest BCUT2D eigenvalue weighted by Crippen LogP contribution is -2.46. The number of carboxylic acids is 1. The van der Waals surface area contributed by atoms with Crippen LogP contribution in [0.5, 0.6) is 0 Å². The van der Waals surface area contributed by atoms with E-state index in [9.17, 15) is 19.4 Å². The van der Waals surface area contributed by atoms with Crippen LogP contribution >= 0.6 is 0 Å². The van der Waals surface area contributed by atoms with Crippen LogP contribution in [0, 0.1) is 5.82 Å². The van der Waals surface area contributed by atoms with Gasteiger partial charge in [0.05, 0.1) is 12.7 Å². The number of rotatable bonds is 4. The number of hydrogen-bond donors (Lipinski definition) is 3. The van der Waals surface area contributed by atoms with Crippen LogP contribution in [0.25, 0.3) is 0 Å². The van der Waals surface area contributed by atoms with Gasteiger partial charge in [0.1, 0.15) is 11.9 Å². The predicted molar refractivity (Wildman–Crippen MR) is 67.3 cm³/mol. The first-order valence-corrected chi connectivity index (χ1v) is 6.10. The number of ether oxygens (including phenoxy) is 1. The van der Waals surface area contributed by atoms with Gasteiger partial charge in [-0.1, -0.05) is 18.2 Å². The molecule has 0 radical (unpaired) electrons. The molecule has 1 aliphatic rings. The van der Waals surface area contributed by atoms with Crippen molar-refractivity contribution in [3.05, 3.63) is 47.8 Å². The molecule has 108 valence electrons. The summed E-state index contributed by atoms with van der Waals surface area (Å²) in [4.78, 5) is 10.9.